The lowest BCUT2D eigenvalue weighted by Crippen LogP contribution is -2.45. The summed E-state index contributed by atoms with van der Waals surface area (Å²) in [4.78, 5) is 2.39. The van der Waals surface area contributed by atoms with Gasteiger partial charge in [-0.15, -0.1) is 0 Å². The summed E-state index contributed by atoms with van der Waals surface area (Å²) in [5, 5.41) is 3.22. The van der Waals surface area contributed by atoms with Gasteiger partial charge in [-0.25, -0.2) is 0 Å². The van der Waals surface area contributed by atoms with Crippen LogP contribution in [0.3, 0.4) is 0 Å². The molecular formula is C12H26N2O2. The standard InChI is InChI=1S/C12H26N2O2/c1-13-7-12(10-15-3)14(2)8-11-5-4-6-16-9-11/h11-13H,4-10H2,1-3H3. The minimum atomic E-state index is 0.455. The molecule has 0 radical (unpaired) electrons. The van der Waals surface area contributed by atoms with E-state index in [2.05, 4.69) is 17.3 Å². The maximum Gasteiger partial charge on any atom is 0.0630 e. The zero-order valence-corrected chi connectivity index (χ0v) is 10.9. The number of hydrogen-bond donors (Lipinski definition) is 1. The normalized spacial score (nSPS) is 23.6. The number of nitrogens with zero attached hydrogens (tertiary/aromatic N) is 1. The molecule has 4 heteroatoms. The van der Waals surface area contributed by atoms with E-state index in [0.29, 0.717) is 12.0 Å². The van der Waals surface area contributed by atoms with Crippen LogP contribution in [0.1, 0.15) is 12.8 Å². The molecule has 0 spiro atoms. The van der Waals surface area contributed by atoms with E-state index in [9.17, 15) is 0 Å². The topological polar surface area (TPSA) is 33.7 Å². The van der Waals surface area contributed by atoms with Crippen molar-refractivity contribution in [1.82, 2.24) is 10.2 Å². The fourth-order valence-corrected chi connectivity index (χ4v) is 2.28. The Morgan fingerprint density at radius 3 is 2.94 bits per heavy atom. The van der Waals surface area contributed by atoms with E-state index >= 15 is 0 Å². The maximum atomic E-state index is 5.51. The fourth-order valence-electron chi connectivity index (χ4n) is 2.28. The second kappa shape index (κ2) is 8.01. The van der Waals surface area contributed by atoms with Crippen molar-refractivity contribution >= 4 is 0 Å². The van der Waals surface area contributed by atoms with Gasteiger partial charge >= 0.3 is 0 Å². The van der Waals surface area contributed by atoms with Crippen LogP contribution in [0.2, 0.25) is 0 Å². The molecule has 0 aromatic carbocycles. The highest BCUT2D eigenvalue weighted by atomic mass is 16.5. The summed E-state index contributed by atoms with van der Waals surface area (Å²) in [6.07, 6.45) is 2.50. The van der Waals surface area contributed by atoms with Crippen LogP contribution in [0.25, 0.3) is 0 Å². The van der Waals surface area contributed by atoms with Gasteiger partial charge < -0.3 is 14.8 Å². The van der Waals surface area contributed by atoms with Gasteiger partial charge in [-0.2, -0.15) is 0 Å². The van der Waals surface area contributed by atoms with Crippen molar-refractivity contribution in [2.24, 2.45) is 5.92 Å². The molecule has 1 saturated heterocycles. The molecule has 1 aliphatic heterocycles. The highest BCUT2D eigenvalue weighted by Gasteiger charge is 2.20. The van der Waals surface area contributed by atoms with Gasteiger partial charge in [-0.05, 0) is 32.9 Å². The van der Waals surface area contributed by atoms with Gasteiger partial charge in [0.05, 0.1) is 13.2 Å². The highest BCUT2D eigenvalue weighted by molar-refractivity contribution is 4.74. The van der Waals surface area contributed by atoms with E-state index in [1.807, 2.05) is 7.05 Å². The minimum absolute atomic E-state index is 0.455. The summed E-state index contributed by atoms with van der Waals surface area (Å²) in [6, 6.07) is 0.455. The first-order valence-electron chi connectivity index (χ1n) is 6.19. The SMILES string of the molecule is CNCC(COC)N(C)CC1CCCOC1. The summed E-state index contributed by atoms with van der Waals surface area (Å²) >= 11 is 0. The fraction of sp³-hybridized carbons (Fsp3) is 1.00. The van der Waals surface area contributed by atoms with Gasteiger partial charge in [-0.3, -0.25) is 4.90 Å². The van der Waals surface area contributed by atoms with Crippen molar-refractivity contribution in [1.29, 1.82) is 0 Å². The molecular weight excluding hydrogens is 204 g/mol. The van der Waals surface area contributed by atoms with Crippen LogP contribution >= 0.6 is 0 Å². The van der Waals surface area contributed by atoms with Crippen LogP contribution in [0.4, 0.5) is 0 Å². The number of rotatable bonds is 7. The van der Waals surface area contributed by atoms with Crippen molar-refractivity contribution in [3.05, 3.63) is 0 Å². The Balaban J connectivity index is 2.31. The monoisotopic (exact) mass is 230 g/mol. The molecule has 0 amide bonds. The van der Waals surface area contributed by atoms with Gasteiger partial charge in [0.15, 0.2) is 0 Å². The molecule has 0 aromatic rings. The van der Waals surface area contributed by atoms with E-state index in [1.54, 1.807) is 7.11 Å². The molecule has 1 fully saturated rings. The van der Waals surface area contributed by atoms with E-state index in [4.69, 9.17) is 9.47 Å². The summed E-state index contributed by atoms with van der Waals surface area (Å²) < 4.78 is 10.8. The summed E-state index contributed by atoms with van der Waals surface area (Å²) in [5.41, 5.74) is 0. The first-order chi connectivity index (χ1) is 7.77. The average molecular weight is 230 g/mol. The van der Waals surface area contributed by atoms with Crippen LogP contribution in [0.15, 0.2) is 0 Å². The Labute approximate surface area is 99.3 Å². The molecule has 2 atom stereocenters. The minimum Gasteiger partial charge on any atom is -0.383 e. The zero-order valence-electron chi connectivity index (χ0n) is 10.9. The molecule has 0 aromatic heterocycles. The lowest BCUT2D eigenvalue weighted by molar-refractivity contribution is 0.0271. The third kappa shape index (κ3) is 4.78. The molecule has 1 aliphatic rings. The molecule has 96 valence electrons. The second-order valence-corrected chi connectivity index (χ2v) is 4.69. The van der Waals surface area contributed by atoms with Crippen molar-refractivity contribution in [3.63, 3.8) is 0 Å². The van der Waals surface area contributed by atoms with E-state index < -0.39 is 0 Å². The van der Waals surface area contributed by atoms with E-state index in [0.717, 1.165) is 32.9 Å². The maximum absolute atomic E-state index is 5.51. The third-order valence-electron chi connectivity index (χ3n) is 3.22. The number of methoxy groups -OCH3 is 1. The van der Waals surface area contributed by atoms with Crippen LogP contribution < -0.4 is 5.32 Å². The molecule has 0 bridgehead atoms. The quantitative estimate of drug-likeness (QED) is 0.694. The average Bonchev–Trinajstić information content (AvgIpc) is 2.30. The molecule has 2 unspecified atom stereocenters. The van der Waals surface area contributed by atoms with Gasteiger partial charge in [0.1, 0.15) is 0 Å². The predicted octanol–water partition coefficient (Wildman–Crippen LogP) is 0.579. The predicted molar refractivity (Wildman–Crippen MR) is 65.8 cm³/mol. The smallest absolute Gasteiger partial charge is 0.0630 e. The number of nitrogens with one attached hydrogen (secondary N) is 1. The number of ether oxygens (including phenoxy) is 2. The summed E-state index contributed by atoms with van der Waals surface area (Å²) in [7, 11) is 5.93. The van der Waals surface area contributed by atoms with Crippen molar-refractivity contribution in [2.45, 2.75) is 18.9 Å². The first-order valence-corrected chi connectivity index (χ1v) is 6.19. The van der Waals surface area contributed by atoms with E-state index in [1.165, 1.54) is 12.8 Å². The Morgan fingerprint density at radius 2 is 2.38 bits per heavy atom. The molecule has 1 rings (SSSR count). The van der Waals surface area contributed by atoms with Crippen molar-refractivity contribution in [2.75, 3.05) is 54.1 Å². The Hall–Kier alpha value is -0.160. The van der Waals surface area contributed by atoms with Crippen molar-refractivity contribution in [3.8, 4) is 0 Å². The van der Waals surface area contributed by atoms with Gasteiger partial charge in [0.25, 0.3) is 0 Å². The first kappa shape index (κ1) is 13.9. The van der Waals surface area contributed by atoms with E-state index in [-0.39, 0.29) is 0 Å². The third-order valence-corrected chi connectivity index (χ3v) is 3.22. The lowest BCUT2D eigenvalue weighted by Gasteiger charge is -2.32. The van der Waals surface area contributed by atoms with Crippen LogP contribution in [-0.4, -0.2) is 65.1 Å². The summed E-state index contributed by atoms with van der Waals surface area (Å²) in [6.45, 7) is 4.72. The Kier molecular flexibility index (Phi) is 6.96. The molecule has 1 heterocycles. The van der Waals surface area contributed by atoms with Gasteiger partial charge in [0.2, 0.25) is 0 Å². The lowest BCUT2D eigenvalue weighted by atomic mass is 10.0. The number of likely N-dealkylation sites (N-methyl/N-ethyl adjacent to an activating group) is 2. The number of hydrogen-bond acceptors (Lipinski definition) is 4. The highest BCUT2D eigenvalue weighted by Crippen LogP contribution is 2.15. The molecule has 4 nitrogen and oxygen atoms in total. The zero-order chi connectivity index (χ0) is 11.8. The van der Waals surface area contributed by atoms with Gasteiger partial charge in [0, 0.05) is 32.8 Å². The van der Waals surface area contributed by atoms with Gasteiger partial charge in [-0.1, -0.05) is 0 Å². The molecule has 0 saturated carbocycles. The largest absolute Gasteiger partial charge is 0.383 e. The molecule has 1 N–H and O–H groups in total. The summed E-state index contributed by atoms with van der Waals surface area (Å²) in [5.74, 6) is 0.690. The van der Waals surface area contributed by atoms with Crippen molar-refractivity contribution < 1.29 is 9.47 Å². The second-order valence-electron chi connectivity index (χ2n) is 4.69. The molecule has 16 heavy (non-hydrogen) atoms. The Bertz CT molecular complexity index is 166. The van der Waals surface area contributed by atoms with Crippen LogP contribution in [-0.2, 0) is 9.47 Å². The van der Waals surface area contributed by atoms with Crippen LogP contribution in [0, 0.1) is 5.92 Å². The molecule has 0 aliphatic carbocycles. The van der Waals surface area contributed by atoms with Crippen LogP contribution in [0.5, 0.6) is 0 Å². The Morgan fingerprint density at radius 1 is 1.56 bits per heavy atom.